The van der Waals surface area contributed by atoms with E-state index in [9.17, 15) is 9.59 Å². The van der Waals surface area contributed by atoms with Crippen molar-refractivity contribution >= 4 is 17.5 Å². The van der Waals surface area contributed by atoms with Gasteiger partial charge in [0.2, 0.25) is 5.91 Å². The fraction of sp³-hybridized carbons (Fsp3) is 0.222. The highest BCUT2D eigenvalue weighted by molar-refractivity contribution is 5.99. The van der Waals surface area contributed by atoms with Crippen LogP contribution in [0.2, 0.25) is 0 Å². The predicted octanol–water partition coefficient (Wildman–Crippen LogP) is 2.84. The molecule has 0 aliphatic heterocycles. The fourth-order valence-electron chi connectivity index (χ4n) is 2.33. The van der Waals surface area contributed by atoms with Crippen LogP contribution in [0, 0.1) is 13.8 Å². The van der Waals surface area contributed by atoms with Crippen molar-refractivity contribution in [1.82, 2.24) is 5.32 Å². The van der Waals surface area contributed by atoms with Crippen LogP contribution < -0.4 is 10.6 Å². The lowest BCUT2D eigenvalue weighted by molar-refractivity contribution is -0.115. The zero-order chi connectivity index (χ0) is 16.1. The van der Waals surface area contributed by atoms with Crippen LogP contribution in [-0.2, 0) is 11.2 Å². The van der Waals surface area contributed by atoms with Gasteiger partial charge in [-0.15, -0.1) is 0 Å². The maximum atomic E-state index is 12.2. The number of hydrogen-bond donors (Lipinski definition) is 2. The maximum absolute atomic E-state index is 12.2. The second-order valence-corrected chi connectivity index (χ2v) is 5.21. The highest BCUT2D eigenvalue weighted by Gasteiger charge is 2.12. The third-order valence-electron chi connectivity index (χ3n) is 3.69. The normalized spacial score (nSPS) is 10.1. The maximum Gasteiger partial charge on any atom is 0.251 e. The third kappa shape index (κ3) is 3.52. The highest BCUT2D eigenvalue weighted by Crippen LogP contribution is 2.19. The van der Waals surface area contributed by atoms with E-state index in [2.05, 4.69) is 10.6 Å². The van der Waals surface area contributed by atoms with Gasteiger partial charge in [0.1, 0.15) is 0 Å². The van der Waals surface area contributed by atoms with Gasteiger partial charge in [-0.25, -0.2) is 0 Å². The van der Waals surface area contributed by atoms with E-state index in [4.69, 9.17) is 0 Å². The first-order chi connectivity index (χ1) is 10.5. The van der Waals surface area contributed by atoms with Crippen LogP contribution in [-0.4, -0.2) is 18.9 Å². The average molecular weight is 296 g/mol. The van der Waals surface area contributed by atoms with Crippen molar-refractivity contribution in [1.29, 1.82) is 0 Å². The fourth-order valence-corrected chi connectivity index (χ4v) is 2.33. The minimum absolute atomic E-state index is 0.0912. The lowest BCUT2D eigenvalue weighted by Gasteiger charge is -2.12. The number of rotatable bonds is 4. The number of carbonyl (C=O) groups is 2. The molecule has 0 aromatic heterocycles. The van der Waals surface area contributed by atoms with Crippen LogP contribution in [0.1, 0.15) is 27.0 Å². The molecule has 0 heterocycles. The molecule has 0 saturated carbocycles. The molecule has 0 bridgehead atoms. The van der Waals surface area contributed by atoms with Gasteiger partial charge in [0.25, 0.3) is 5.91 Å². The van der Waals surface area contributed by atoms with Crippen LogP contribution in [0.25, 0.3) is 0 Å². The summed E-state index contributed by atoms with van der Waals surface area (Å²) in [6.45, 7) is 3.81. The van der Waals surface area contributed by atoms with E-state index in [-0.39, 0.29) is 11.8 Å². The van der Waals surface area contributed by atoms with Gasteiger partial charge in [-0.05, 0) is 42.7 Å². The summed E-state index contributed by atoms with van der Waals surface area (Å²) in [5.74, 6) is -0.251. The van der Waals surface area contributed by atoms with Crippen molar-refractivity contribution in [2.45, 2.75) is 20.3 Å². The molecule has 2 N–H and O–H groups in total. The minimum atomic E-state index is -0.160. The zero-order valence-electron chi connectivity index (χ0n) is 13.1. The number of amides is 2. The van der Waals surface area contributed by atoms with Crippen molar-refractivity contribution in [3.63, 3.8) is 0 Å². The Morgan fingerprint density at radius 2 is 1.73 bits per heavy atom. The summed E-state index contributed by atoms with van der Waals surface area (Å²) in [5.41, 5.74) is 4.09. The topological polar surface area (TPSA) is 58.2 Å². The molecule has 0 saturated heterocycles. The Morgan fingerprint density at radius 3 is 2.41 bits per heavy atom. The van der Waals surface area contributed by atoms with Gasteiger partial charge in [-0.1, -0.05) is 30.3 Å². The molecule has 4 heteroatoms. The third-order valence-corrected chi connectivity index (χ3v) is 3.69. The standard InChI is InChI=1S/C18H20N2O2/c1-12-7-4-5-8-14(12)11-17(21)20-16-10-6-9-15(13(16)2)18(22)19-3/h4-10H,11H2,1-3H3,(H,19,22)(H,20,21). The summed E-state index contributed by atoms with van der Waals surface area (Å²) in [4.78, 5) is 24.0. The smallest absolute Gasteiger partial charge is 0.251 e. The average Bonchev–Trinajstić information content (AvgIpc) is 2.51. The predicted molar refractivity (Wildman–Crippen MR) is 88.1 cm³/mol. The van der Waals surface area contributed by atoms with Gasteiger partial charge in [-0.3, -0.25) is 9.59 Å². The van der Waals surface area contributed by atoms with Gasteiger partial charge in [0.05, 0.1) is 6.42 Å². The van der Waals surface area contributed by atoms with Crippen molar-refractivity contribution in [3.05, 3.63) is 64.7 Å². The van der Waals surface area contributed by atoms with Gasteiger partial charge >= 0.3 is 0 Å². The van der Waals surface area contributed by atoms with E-state index < -0.39 is 0 Å². The summed E-state index contributed by atoms with van der Waals surface area (Å²) in [6, 6.07) is 13.1. The molecule has 2 aromatic carbocycles. The molecule has 0 unspecified atom stereocenters. The molecule has 22 heavy (non-hydrogen) atoms. The molecule has 2 rings (SSSR count). The Balaban J connectivity index is 2.16. The number of aryl methyl sites for hydroxylation is 1. The van der Waals surface area contributed by atoms with Gasteiger partial charge in [0.15, 0.2) is 0 Å². The summed E-state index contributed by atoms with van der Waals surface area (Å²) >= 11 is 0. The van der Waals surface area contributed by atoms with Gasteiger partial charge in [-0.2, -0.15) is 0 Å². The van der Waals surface area contributed by atoms with E-state index in [1.165, 1.54) is 0 Å². The second-order valence-electron chi connectivity index (χ2n) is 5.21. The molecule has 0 radical (unpaired) electrons. The lowest BCUT2D eigenvalue weighted by atomic mass is 10.0. The summed E-state index contributed by atoms with van der Waals surface area (Å²) in [7, 11) is 1.59. The number of benzene rings is 2. The van der Waals surface area contributed by atoms with Crippen molar-refractivity contribution in [2.24, 2.45) is 0 Å². The summed E-state index contributed by atoms with van der Waals surface area (Å²) < 4.78 is 0. The van der Waals surface area contributed by atoms with E-state index in [0.29, 0.717) is 17.7 Å². The van der Waals surface area contributed by atoms with E-state index in [1.807, 2.05) is 38.1 Å². The molecular formula is C18H20N2O2. The molecule has 0 atom stereocenters. The highest BCUT2D eigenvalue weighted by atomic mass is 16.2. The first kappa shape index (κ1) is 15.8. The summed E-state index contributed by atoms with van der Waals surface area (Å²) in [6.07, 6.45) is 0.316. The Labute approximate surface area is 130 Å². The first-order valence-electron chi connectivity index (χ1n) is 7.19. The van der Waals surface area contributed by atoms with Gasteiger partial charge < -0.3 is 10.6 Å². The van der Waals surface area contributed by atoms with Crippen molar-refractivity contribution in [3.8, 4) is 0 Å². The second kappa shape index (κ2) is 6.89. The monoisotopic (exact) mass is 296 g/mol. The molecule has 0 spiro atoms. The van der Waals surface area contributed by atoms with E-state index in [1.54, 1.807) is 25.2 Å². The molecule has 0 aliphatic rings. The Hall–Kier alpha value is -2.62. The molecular weight excluding hydrogens is 276 g/mol. The molecule has 2 amide bonds. The zero-order valence-corrected chi connectivity index (χ0v) is 13.1. The van der Waals surface area contributed by atoms with Crippen LogP contribution in [0.15, 0.2) is 42.5 Å². The Bertz CT molecular complexity index is 708. The quantitative estimate of drug-likeness (QED) is 0.911. The SMILES string of the molecule is CNC(=O)c1cccc(NC(=O)Cc2ccccc2C)c1C. The van der Waals surface area contributed by atoms with Crippen LogP contribution in [0.3, 0.4) is 0 Å². The lowest BCUT2D eigenvalue weighted by Crippen LogP contribution is -2.21. The van der Waals surface area contributed by atoms with E-state index >= 15 is 0 Å². The Morgan fingerprint density at radius 1 is 1.00 bits per heavy atom. The number of carbonyl (C=O) groups excluding carboxylic acids is 2. The first-order valence-corrected chi connectivity index (χ1v) is 7.19. The van der Waals surface area contributed by atoms with Crippen molar-refractivity contribution in [2.75, 3.05) is 12.4 Å². The van der Waals surface area contributed by atoms with Crippen LogP contribution in [0.4, 0.5) is 5.69 Å². The van der Waals surface area contributed by atoms with Crippen LogP contribution >= 0.6 is 0 Å². The molecule has 0 aliphatic carbocycles. The van der Waals surface area contributed by atoms with E-state index in [0.717, 1.165) is 16.7 Å². The van der Waals surface area contributed by atoms with Crippen molar-refractivity contribution < 1.29 is 9.59 Å². The number of anilines is 1. The molecule has 2 aromatic rings. The largest absolute Gasteiger partial charge is 0.355 e. The number of hydrogen-bond acceptors (Lipinski definition) is 2. The Kier molecular flexibility index (Phi) is 4.94. The molecule has 114 valence electrons. The molecule has 4 nitrogen and oxygen atoms in total. The summed E-state index contributed by atoms with van der Waals surface area (Å²) in [5, 5.41) is 5.48. The minimum Gasteiger partial charge on any atom is -0.355 e. The van der Waals surface area contributed by atoms with Crippen LogP contribution in [0.5, 0.6) is 0 Å². The molecule has 0 fully saturated rings. The van der Waals surface area contributed by atoms with Gasteiger partial charge in [0, 0.05) is 18.3 Å². The number of nitrogens with one attached hydrogen (secondary N) is 2.